The minimum absolute atomic E-state index is 0.133. The second-order valence-corrected chi connectivity index (χ2v) is 7.83. The predicted molar refractivity (Wildman–Crippen MR) is 114 cm³/mol. The fourth-order valence-electron chi connectivity index (χ4n) is 3.60. The van der Waals surface area contributed by atoms with Gasteiger partial charge in [-0.15, -0.1) is 0 Å². The summed E-state index contributed by atoms with van der Waals surface area (Å²) in [6.45, 7) is 15.2. The number of halogens is 1. The van der Waals surface area contributed by atoms with Gasteiger partial charge in [0.2, 0.25) is 0 Å². The van der Waals surface area contributed by atoms with Gasteiger partial charge in [-0.1, -0.05) is 38.1 Å². The van der Waals surface area contributed by atoms with Crippen LogP contribution in [0.15, 0.2) is 47.3 Å². The van der Waals surface area contributed by atoms with Crippen molar-refractivity contribution in [2.75, 3.05) is 13.1 Å². The van der Waals surface area contributed by atoms with Crippen LogP contribution in [0.25, 0.3) is 0 Å². The maximum Gasteiger partial charge on any atom is 0.256 e. The molecule has 152 valence electrons. The number of piperidine rings is 1. The van der Waals surface area contributed by atoms with Gasteiger partial charge in [-0.25, -0.2) is 9.40 Å². The summed E-state index contributed by atoms with van der Waals surface area (Å²) in [7, 11) is 0. The summed E-state index contributed by atoms with van der Waals surface area (Å²) in [5, 5.41) is 6.35. The zero-order valence-corrected chi connectivity index (χ0v) is 17.7. The molecule has 0 saturated carbocycles. The summed E-state index contributed by atoms with van der Waals surface area (Å²) >= 11 is 0. The summed E-state index contributed by atoms with van der Waals surface area (Å²) < 4.78 is 14.2. The Morgan fingerprint density at radius 2 is 2.14 bits per heavy atom. The average molecular weight is 386 g/mol. The number of rotatable bonds is 6. The second-order valence-electron chi connectivity index (χ2n) is 7.83. The minimum atomic E-state index is -0.463. The van der Waals surface area contributed by atoms with Crippen molar-refractivity contribution in [1.29, 1.82) is 0 Å². The Morgan fingerprint density at radius 1 is 1.43 bits per heavy atom. The van der Waals surface area contributed by atoms with Gasteiger partial charge in [-0.3, -0.25) is 4.79 Å². The molecule has 1 heterocycles. The zero-order chi connectivity index (χ0) is 20.8. The highest BCUT2D eigenvalue weighted by Crippen LogP contribution is 2.30. The number of allylic oxidation sites excluding steroid dienone is 2. The molecule has 1 aliphatic rings. The molecule has 0 N–H and O–H groups in total. The van der Waals surface area contributed by atoms with Crippen LogP contribution in [0.3, 0.4) is 0 Å². The van der Waals surface area contributed by atoms with E-state index in [0.717, 1.165) is 29.8 Å². The number of hydrazone groups is 1. The minimum Gasteiger partial charge on any atom is -0.338 e. The first kappa shape index (κ1) is 21.9. The van der Waals surface area contributed by atoms with Gasteiger partial charge in [-0.2, -0.15) is 5.10 Å². The van der Waals surface area contributed by atoms with Crippen molar-refractivity contribution in [3.63, 3.8) is 0 Å². The van der Waals surface area contributed by atoms with Gasteiger partial charge in [0, 0.05) is 36.6 Å². The lowest BCUT2D eigenvalue weighted by molar-refractivity contribution is 0.0674. The van der Waals surface area contributed by atoms with Crippen LogP contribution in [0.4, 0.5) is 4.39 Å². The van der Waals surface area contributed by atoms with E-state index < -0.39 is 5.82 Å². The molecule has 1 saturated heterocycles. The van der Waals surface area contributed by atoms with E-state index >= 15 is 0 Å². The number of carbonyl (C=O) groups is 1. The van der Waals surface area contributed by atoms with Crippen molar-refractivity contribution in [3.05, 3.63) is 59.2 Å². The van der Waals surface area contributed by atoms with Crippen molar-refractivity contribution in [2.24, 2.45) is 16.9 Å². The highest BCUT2D eigenvalue weighted by molar-refractivity contribution is 5.94. The number of likely N-dealkylation sites (tertiary alicyclic amines) is 1. The molecule has 0 aromatic heterocycles. The summed E-state index contributed by atoms with van der Waals surface area (Å²) in [6.07, 6.45) is 5.77. The molecule has 0 aliphatic carbocycles. The van der Waals surface area contributed by atoms with Crippen molar-refractivity contribution < 1.29 is 9.18 Å². The van der Waals surface area contributed by atoms with Crippen LogP contribution in [-0.2, 0) is 0 Å². The molecule has 28 heavy (non-hydrogen) atoms. The van der Waals surface area contributed by atoms with Crippen LogP contribution >= 0.6 is 0 Å². The van der Waals surface area contributed by atoms with Crippen molar-refractivity contribution >= 4 is 12.1 Å². The standard InChI is InChI=1S/C23H32FN3O/c1-7-25-27(17(4)5)22(13-16(2)3)19-9-8-12-26(15-19)23(28)20-14-18(6)10-11-21(20)24/h7,10-11,13-14,16,19H,4,8-9,12,15H2,1-3,5-6H3/b22-13-,25-7-. The molecule has 1 aromatic carbocycles. The van der Waals surface area contributed by atoms with Crippen LogP contribution < -0.4 is 0 Å². The molecule has 1 aromatic rings. The molecule has 0 bridgehead atoms. The first-order chi connectivity index (χ1) is 13.2. The lowest BCUT2D eigenvalue weighted by atomic mass is 9.91. The molecule has 5 heteroatoms. The SMILES string of the molecule is C=C(C)N(/N=C\C)/C(=C\C(C)C)C1CCCN(C(=O)c2cc(C)ccc2F)C1. The Bertz CT molecular complexity index is 782. The van der Waals surface area contributed by atoms with Gasteiger partial charge >= 0.3 is 0 Å². The van der Waals surface area contributed by atoms with Crippen molar-refractivity contribution in [1.82, 2.24) is 9.91 Å². The lowest BCUT2D eigenvalue weighted by Gasteiger charge is -2.37. The van der Waals surface area contributed by atoms with Gasteiger partial charge < -0.3 is 4.90 Å². The van der Waals surface area contributed by atoms with Gasteiger partial charge in [0.15, 0.2) is 0 Å². The van der Waals surface area contributed by atoms with E-state index in [1.807, 2.05) is 25.8 Å². The second kappa shape index (κ2) is 9.67. The molecule has 1 fully saturated rings. The Balaban J connectivity index is 2.31. The highest BCUT2D eigenvalue weighted by atomic mass is 19.1. The van der Waals surface area contributed by atoms with Crippen LogP contribution in [0, 0.1) is 24.6 Å². The maximum absolute atomic E-state index is 14.2. The first-order valence-corrected chi connectivity index (χ1v) is 9.96. The molecule has 1 aliphatic heterocycles. The van der Waals surface area contributed by atoms with E-state index in [2.05, 4.69) is 31.6 Å². The number of aryl methyl sites for hydroxylation is 1. The van der Waals surface area contributed by atoms with Crippen molar-refractivity contribution in [3.8, 4) is 0 Å². The fourth-order valence-corrected chi connectivity index (χ4v) is 3.60. The fraction of sp³-hybridized carbons (Fsp3) is 0.478. The molecule has 2 rings (SSSR count). The molecular formula is C23H32FN3O. The third-order valence-electron chi connectivity index (χ3n) is 4.82. The van der Waals surface area contributed by atoms with Crippen molar-refractivity contribution in [2.45, 2.75) is 47.5 Å². The van der Waals surface area contributed by atoms with E-state index in [1.165, 1.54) is 6.07 Å². The van der Waals surface area contributed by atoms with Gasteiger partial charge in [0.25, 0.3) is 5.91 Å². The molecule has 0 spiro atoms. The Kier molecular flexibility index (Phi) is 7.55. The highest BCUT2D eigenvalue weighted by Gasteiger charge is 2.30. The predicted octanol–water partition coefficient (Wildman–Crippen LogP) is 5.37. The normalized spacial score (nSPS) is 18.0. The number of carbonyl (C=O) groups excluding carboxylic acids is 1. The Morgan fingerprint density at radius 3 is 2.75 bits per heavy atom. The average Bonchev–Trinajstić information content (AvgIpc) is 2.65. The Labute approximate surface area is 168 Å². The third kappa shape index (κ3) is 5.31. The smallest absolute Gasteiger partial charge is 0.256 e. The maximum atomic E-state index is 14.2. The van der Waals surface area contributed by atoms with E-state index in [1.54, 1.807) is 23.2 Å². The Hall–Kier alpha value is -2.43. The summed E-state index contributed by atoms with van der Waals surface area (Å²) in [6, 6.07) is 4.68. The van der Waals surface area contributed by atoms with Gasteiger partial charge in [0.05, 0.1) is 5.56 Å². The first-order valence-electron chi connectivity index (χ1n) is 9.96. The topological polar surface area (TPSA) is 35.9 Å². The summed E-state index contributed by atoms with van der Waals surface area (Å²) in [5.41, 5.74) is 2.92. The van der Waals surface area contributed by atoms with Crippen LogP contribution in [0.1, 0.15) is 56.5 Å². The molecular weight excluding hydrogens is 353 g/mol. The zero-order valence-electron chi connectivity index (χ0n) is 17.7. The van der Waals surface area contributed by atoms with Gasteiger partial charge in [-0.05, 0) is 51.7 Å². The van der Waals surface area contributed by atoms with Crippen LogP contribution in [0.5, 0.6) is 0 Å². The quantitative estimate of drug-likeness (QED) is 0.488. The number of hydrogen-bond acceptors (Lipinski definition) is 3. The van der Waals surface area contributed by atoms with E-state index in [4.69, 9.17) is 0 Å². The molecule has 1 atom stereocenters. The largest absolute Gasteiger partial charge is 0.338 e. The van der Waals surface area contributed by atoms with E-state index in [-0.39, 0.29) is 17.4 Å². The molecule has 1 unspecified atom stereocenters. The summed E-state index contributed by atoms with van der Waals surface area (Å²) in [5.74, 6) is -0.233. The number of benzene rings is 1. The van der Waals surface area contributed by atoms with E-state index in [9.17, 15) is 9.18 Å². The third-order valence-corrected chi connectivity index (χ3v) is 4.82. The van der Waals surface area contributed by atoms with Crippen LogP contribution in [-0.4, -0.2) is 35.1 Å². The van der Waals surface area contributed by atoms with Crippen LogP contribution in [0.2, 0.25) is 0 Å². The lowest BCUT2D eigenvalue weighted by Crippen LogP contribution is -2.42. The molecule has 4 nitrogen and oxygen atoms in total. The number of amides is 1. The number of nitrogens with zero attached hydrogens (tertiary/aromatic N) is 3. The molecule has 1 amide bonds. The monoisotopic (exact) mass is 385 g/mol. The number of hydrogen-bond donors (Lipinski definition) is 0. The van der Waals surface area contributed by atoms with Gasteiger partial charge in [0.1, 0.15) is 5.82 Å². The molecule has 0 radical (unpaired) electrons. The van der Waals surface area contributed by atoms with E-state index in [0.29, 0.717) is 19.0 Å². The summed E-state index contributed by atoms with van der Waals surface area (Å²) in [4.78, 5) is 14.8.